The van der Waals surface area contributed by atoms with Crippen LogP contribution in [0, 0.1) is 14.0 Å². The van der Waals surface area contributed by atoms with E-state index in [0.717, 1.165) is 30.8 Å². The summed E-state index contributed by atoms with van der Waals surface area (Å²) in [5.41, 5.74) is 3.48. The Morgan fingerprint density at radius 3 is 2.95 bits per heavy atom. The summed E-state index contributed by atoms with van der Waals surface area (Å²) in [5, 5.41) is 1.26. The Labute approximate surface area is 114 Å². The molecule has 19 heavy (non-hydrogen) atoms. The van der Waals surface area contributed by atoms with Crippen LogP contribution < -0.4 is 9.80 Å². The molecule has 2 unspecified atom stereocenters. The molecule has 2 heterocycles. The quantitative estimate of drug-likeness (QED) is 0.778. The topological polar surface area (TPSA) is 20.6 Å². The number of benzene rings is 1. The maximum absolute atomic E-state index is 4.62. The lowest BCUT2D eigenvalue weighted by Gasteiger charge is -2.40. The largest absolute Gasteiger partial charge is 0.463 e. The van der Waals surface area contributed by atoms with Crippen LogP contribution in [-0.4, -0.2) is 30.7 Å². The first-order valence-corrected chi connectivity index (χ1v) is 6.94. The van der Waals surface area contributed by atoms with Crippen molar-refractivity contribution in [2.45, 2.75) is 19.9 Å². The Morgan fingerprint density at radius 2 is 2.16 bits per heavy atom. The van der Waals surface area contributed by atoms with Crippen LogP contribution in [0.5, 0.6) is 0 Å². The van der Waals surface area contributed by atoms with Crippen LogP contribution in [0.15, 0.2) is 30.3 Å². The van der Waals surface area contributed by atoms with Gasteiger partial charge in [0.25, 0.3) is 0 Å². The summed E-state index contributed by atoms with van der Waals surface area (Å²) in [7, 11) is 4.16. The first-order chi connectivity index (χ1) is 9.15. The van der Waals surface area contributed by atoms with Crippen molar-refractivity contribution in [1.82, 2.24) is 4.98 Å². The van der Waals surface area contributed by atoms with Crippen molar-refractivity contribution >= 4 is 16.6 Å². The number of aromatic nitrogens is 1. The second-order valence-corrected chi connectivity index (χ2v) is 5.55. The number of rotatable bonds is 1. The molecular formula is C16H21N3. The highest BCUT2D eigenvalue weighted by atomic mass is 15.3. The van der Waals surface area contributed by atoms with E-state index >= 15 is 0 Å². The molecular weight excluding hydrogens is 234 g/mol. The predicted octanol–water partition coefficient (Wildman–Crippen LogP) is 1.43. The zero-order valence-corrected chi connectivity index (χ0v) is 11.7. The molecule has 0 radical (unpaired) electrons. The van der Waals surface area contributed by atoms with Crippen LogP contribution in [0.1, 0.15) is 12.6 Å². The first kappa shape index (κ1) is 12.4. The highest BCUT2D eigenvalue weighted by Crippen LogP contribution is 2.26. The molecule has 3 rings (SSSR count). The smallest absolute Gasteiger partial charge is 0.0784 e. The number of fused-ring (bicyclic) bond motifs is 1. The van der Waals surface area contributed by atoms with Gasteiger partial charge in [-0.3, -0.25) is 4.98 Å². The normalized spacial score (nSPS) is 23.8. The first-order valence-electron chi connectivity index (χ1n) is 6.94. The third-order valence-corrected chi connectivity index (χ3v) is 4.08. The van der Waals surface area contributed by atoms with Gasteiger partial charge in [-0.05, 0) is 38.1 Å². The number of nitrogens with zero attached hydrogens (tertiary/aromatic N) is 2. The van der Waals surface area contributed by atoms with Crippen LogP contribution in [0.4, 0.5) is 5.69 Å². The fourth-order valence-electron chi connectivity index (χ4n) is 2.81. The third kappa shape index (κ3) is 2.30. The maximum Gasteiger partial charge on any atom is 0.0784 e. The van der Waals surface area contributed by atoms with Gasteiger partial charge in [-0.25, -0.2) is 0 Å². The van der Waals surface area contributed by atoms with Gasteiger partial charge in [0.1, 0.15) is 0 Å². The molecule has 0 amide bonds. The standard InChI is InChI=1S/C16H21N3/c1-12-7-8-14-15(17-12)5-4-6-16(14)19-10-9-18(3)13(2)11-19/h4-8,13,18H,3,9-11H2,1-2H3. The Kier molecular flexibility index (Phi) is 3.15. The molecule has 1 aromatic heterocycles. The van der Waals surface area contributed by atoms with Gasteiger partial charge in [-0.2, -0.15) is 7.05 Å². The number of hydrogen-bond acceptors (Lipinski definition) is 2. The van der Waals surface area contributed by atoms with Crippen molar-refractivity contribution in [3.8, 4) is 0 Å². The number of quaternary nitrogens is 1. The monoisotopic (exact) mass is 255 g/mol. The molecule has 1 saturated heterocycles. The van der Waals surface area contributed by atoms with Crippen LogP contribution in [0.25, 0.3) is 10.9 Å². The summed E-state index contributed by atoms with van der Waals surface area (Å²) in [5.74, 6) is 0. The minimum atomic E-state index is 0.572. The van der Waals surface area contributed by atoms with Gasteiger partial charge in [-0.15, -0.1) is 0 Å². The van der Waals surface area contributed by atoms with Crippen molar-refractivity contribution in [3.63, 3.8) is 0 Å². The molecule has 0 spiro atoms. The zero-order chi connectivity index (χ0) is 13.4. The van der Waals surface area contributed by atoms with E-state index < -0.39 is 0 Å². The Balaban J connectivity index is 2.01. The molecule has 1 N–H and O–H groups in total. The van der Waals surface area contributed by atoms with Gasteiger partial charge in [0, 0.05) is 16.8 Å². The average molecular weight is 255 g/mol. The lowest BCUT2D eigenvalue weighted by Crippen LogP contribution is -3.13. The fraction of sp³-hybridized carbons (Fsp3) is 0.375. The summed E-state index contributed by atoms with van der Waals surface area (Å²) in [6.07, 6.45) is 0. The number of anilines is 1. The zero-order valence-electron chi connectivity index (χ0n) is 11.7. The molecule has 0 bridgehead atoms. The van der Waals surface area contributed by atoms with Gasteiger partial charge in [0.15, 0.2) is 0 Å². The third-order valence-electron chi connectivity index (χ3n) is 4.08. The van der Waals surface area contributed by atoms with Gasteiger partial charge < -0.3 is 9.80 Å². The van der Waals surface area contributed by atoms with Gasteiger partial charge in [0.05, 0.1) is 31.2 Å². The molecule has 1 fully saturated rings. The second kappa shape index (κ2) is 4.82. The van der Waals surface area contributed by atoms with Crippen molar-refractivity contribution in [2.75, 3.05) is 24.5 Å². The molecule has 1 aliphatic rings. The molecule has 2 atom stereocenters. The summed E-state index contributed by atoms with van der Waals surface area (Å²) >= 11 is 0. The molecule has 0 saturated carbocycles. The minimum Gasteiger partial charge on any atom is -0.463 e. The van der Waals surface area contributed by atoms with Crippen molar-refractivity contribution in [1.29, 1.82) is 0 Å². The van der Waals surface area contributed by atoms with E-state index in [-0.39, 0.29) is 0 Å². The molecule has 100 valence electrons. The highest BCUT2D eigenvalue weighted by Gasteiger charge is 2.22. The van der Waals surface area contributed by atoms with E-state index in [2.05, 4.69) is 54.2 Å². The maximum atomic E-state index is 4.62. The molecule has 0 aliphatic carbocycles. The van der Waals surface area contributed by atoms with Crippen molar-refractivity contribution in [2.24, 2.45) is 0 Å². The van der Waals surface area contributed by atoms with Gasteiger partial charge >= 0.3 is 0 Å². The highest BCUT2D eigenvalue weighted by molar-refractivity contribution is 5.92. The molecule has 2 aromatic rings. The summed E-state index contributed by atoms with van der Waals surface area (Å²) in [6, 6.07) is 11.3. The van der Waals surface area contributed by atoms with Crippen molar-refractivity contribution in [3.05, 3.63) is 43.1 Å². The second-order valence-electron chi connectivity index (χ2n) is 5.55. The van der Waals surface area contributed by atoms with Crippen LogP contribution in [0.2, 0.25) is 0 Å². The van der Waals surface area contributed by atoms with E-state index in [1.165, 1.54) is 16.0 Å². The van der Waals surface area contributed by atoms with Crippen LogP contribution >= 0.6 is 0 Å². The fourth-order valence-corrected chi connectivity index (χ4v) is 2.81. The Morgan fingerprint density at radius 1 is 1.32 bits per heavy atom. The Bertz CT molecular complexity index is 594. The Hall–Kier alpha value is -1.61. The van der Waals surface area contributed by atoms with Gasteiger partial charge in [0.2, 0.25) is 0 Å². The number of piperazine rings is 1. The lowest BCUT2D eigenvalue weighted by atomic mass is 10.1. The van der Waals surface area contributed by atoms with E-state index in [9.17, 15) is 0 Å². The number of pyridine rings is 1. The summed E-state index contributed by atoms with van der Waals surface area (Å²) < 4.78 is 0. The number of nitrogens with one attached hydrogen (secondary N) is 1. The van der Waals surface area contributed by atoms with Crippen molar-refractivity contribution < 1.29 is 4.90 Å². The molecule has 3 heteroatoms. The summed E-state index contributed by atoms with van der Waals surface area (Å²) in [4.78, 5) is 8.47. The van der Waals surface area contributed by atoms with E-state index in [0.29, 0.717) is 6.04 Å². The minimum absolute atomic E-state index is 0.572. The average Bonchev–Trinajstić information content (AvgIpc) is 2.41. The van der Waals surface area contributed by atoms with E-state index in [1.807, 2.05) is 6.92 Å². The van der Waals surface area contributed by atoms with Crippen LogP contribution in [0.3, 0.4) is 0 Å². The SMILES string of the molecule is [CH2-][NH+]1CCN(c2cccc3nc(C)ccc23)CC1C. The van der Waals surface area contributed by atoms with Gasteiger partial charge in [-0.1, -0.05) is 6.07 Å². The molecule has 1 aromatic carbocycles. The predicted molar refractivity (Wildman–Crippen MR) is 79.3 cm³/mol. The summed E-state index contributed by atoms with van der Waals surface area (Å²) in [6.45, 7) is 7.53. The number of aryl methyl sites for hydroxylation is 1. The van der Waals surface area contributed by atoms with Crippen LogP contribution in [-0.2, 0) is 0 Å². The van der Waals surface area contributed by atoms with E-state index in [1.54, 1.807) is 0 Å². The molecule has 1 aliphatic heterocycles. The molecule has 3 nitrogen and oxygen atoms in total. The lowest BCUT2D eigenvalue weighted by molar-refractivity contribution is -0.879. The van der Waals surface area contributed by atoms with E-state index in [4.69, 9.17) is 0 Å². The number of hydrogen-bond donors (Lipinski definition) is 1.